The molecule has 2 rings (SSSR count). The second kappa shape index (κ2) is 6.98. The van der Waals surface area contributed by atoms with E-state index in [1.165, 1.54) is 0 Å². The Morgan fingerprint density at radius 1 is 1.24 bits per heavy atom. The van der Waals surface area contributed by atoms with Crippen LogP contribution in [0.3, 0.4) is 0 Å². The van der Waals surface area contributed by atoms with Crippen LogP contribution in [0.4, 0.5) is 0 Å². The number of rotatable bonds is 4. The molecule has 6 heteroatoms. The van der Waals surface area contributed by atoms with Crippen LogP contribution in [0.1, 0.15) is 11.1 Å². The Kier molecular flexibility index (Phi) is 5.04. The molecule has 0 amide bonds. The molecule has 2 aromatic rings. The Labute approximate surface area is 131 Å². The summed E-state index contributed by atoms with van der Waals surface area (Å²) < 4.78 is 5.62. The fraction of sp³-hybridized carbons (Fsp3) is 0.0667. The Balaban J connectivity index is 2.23. The number of benzene rings is 2. The van der Waals surface area contributed by atoms with E-state index in [0.717, 1.165) is 0 Å². The van der Waals surface area contributed by atoms with Crippen molar-refractivity contribution in [2.45, 2.75) is 6.61 Å². The van der Waals surface area contributed by atoms with Crippen molar-refractivity contribution < 1.29 is 9.94 Å². The third-order valence-corrected chi connectivity index (χ3v) is 3.29. The van der Waals surface area contributed by atoms with Gasteiger partial charge in [-0.25, -0.2) is 0 Å². The first-order valence-corrected chi connectivity index (χ1v) is 6.69. The topological polar surface area (TPSA) is 65.6 Å². The fourth-order valence-corrected chi connectivity index (χ4v) is 2.22. The zero-order valence-electron chi connectivity index (χ0n) is 10.8. The van der Waals surface area contributed by atoms with Gasteiger partial charge in [0.1, 0.15) is 18.4 Å². The molecule has 0 saturated carbocycles. The lowest BCUT2D eigenvalue weighted by molar-refractivity contribution is 0.305. The third-order valence-electron chi connectivity index (χ3n) is 2.76. The average Bonchev–Trinajstić information content (AvgIpc) is 2.49. The summed E-state index contributed by atoms with van der Waals surface area (Å²) in [5, 5.41) is 21.7. The summed E-state index contributed by atoms with van der Waals surface area (Å²) in [5.41, 5.74) is 1.14. The van der Waals surface area contributed by atoms with E-state index < -0.39 is 0 Å². The van der Waals surface area contributed by atoms with Gasteiger partial charge in [0, 0.05) is 10.6 Å². The van der Waals surface area contributed by atoms with E-state index in [1.54, 1.807) is 42.5 Å². The monoisotopic (exact) mass is 320 g/mol. The zero-order chi connectivity index (χ0) is 15.2. The van der Waals surface area contributed by atoms with Crippen molar-refractivity contribution >= 4 is 28.9 Å². The number of hydrogen-bond donors (Lipinski definition) is 1. The van der Waals surface area contributed by atoms with Crippen LogP contribution in [-0.2, 0) is 6.61 Å². The average molecular weight is 321 g/mol. The van der Waals surface area contributed by atoms with Gasteiger partial charge in [-0.1, -0.05) is 52.6 Å². The minimum absolute atomic E-state index is 0.0728. The SMILES string of the molecule is N#CC(=NO)c1ccccc1COc1ccc(Cl)cc1Cl. The maximum atomic E-state index is 8.95. The molecule has 0 bridgehead atoms. The third kappa shape index (κ3) is 3.66. The number of nitrogens with zero attached hydrogens (tertiary/aromatic N) is 2. The molecular weight excluding hydrogens is 311 g/mol. The van der Waals surface area contributed by atoms with Crippen LogP contribution in [0.15, 0.2) is 47.6 Å². The molecule has 0 spiro atoms. The van der Waals surface area contributed by atoms with Gasteiger partial charge in [0.25, 0.3) is 0 Å². The van der Waals surface area contributed by atoms with Crippen LogP contribution in [0.2, 0.25) is 10.0 Å². The maximum absolute atomic E-state index is 8.95. The van der Waals surface area contributed by atoms with Crippen molar-refractivity contribution in [2.24, 2.45) is 5.16 Å². The molecule has 1 N–H and O–H groups in total. The molecule has 0 heterocycles. The lowest BCUT2D eigenvalue weighted by atomic mass is 10.0. The van der Waals surface area contributed by atoms with Gasteiger partial charge in [-0.15, -0.1) is 0 Å². The molecule has 0 unspecified atom stereocenters. The van der Waals surface area contributed by atoms with Gasteiger partial charge in [-0.2, -0.15) is 5.26 Å². The molecule has 106 valence electrons. The second-order valence-electron chi connectivity index (χ2n) is 4.08. The molecule has 21 heavy (non-hydrogen) atoms. The normalized spacial score (nSPS) is 11.0. The molecule has 0 aliphatic rings. The standard InChI is InChI=1S/C15H10Cl2N2O2/c16-11-5-6-15(13(17)7-11)21-9-10-3-1-2-4-12(10)14(8-18)19-20/h1-7,20H,9H2. The number of oxime groups is 1. The predicted octanol–water partition coefficient (Wildman–Crippen LogP) is 4.27. The summed E-state index contributed by atoms with van der Waals surface area (Å²) in [6, 6.07) is 13.8. The largest absolute Gasteiger partial charge is 0.487 e. The van der Waals surface area contributed by atoms with E-state index in [2.05, 4.69) is 5.16 Å². The maximum Gasteiger partial charge on any atom is 0.187 e. The lowest BCUT2D eigenvalue weighted by Crippen LogP contribution is -2.06. The van der Waals surface area contributed by atoms with E-state index in [4.69, 9.17) is 38.4 Å². The highest BCUT2D eigenvalue weighted by molar-refractivity contribution is 6.35. The molecule has 4 nitrogen and oxygen atoms in total. The highest BCUT2D eigenvalue weighted by atomic mass is 35.5. The lowest BCUT2D eigenvalue weighted by Gasteiger charge is -2.10. The first kappa shape index (κ1) is 15.2. The minimum atomic E-state index is -0.0728. The molecule has 0 fully saturated rings. The van der Waals surface area contributed by atoms with Crippen LogP contribution in [0, 0.1) is 11.3 Å². The number of halogens is 2. The minimum Gasteiger partial charge on any atom is -0.487 e. The summed E-state index contributed by atoms with van der Waals surface area (Å²) in [7, 11) is 0. The van der Waals surface area contributed by atoms with Gasteiger partial charge in [0.05, 0.1) is 5.02 Å². The van der Waals surface area contributed by atoms with Crippen molar-refractivity contribution in [1.82, 2.24) is 0 Å². The first-order chi connectivity index (χ1) is 10.2. The molecule has 0 saturated heterocycles. The Morgan fingerprint density at radius 3 is 2.67 bits per heavy atom. The molecule has 0 aliphatic heterocycles. The number of nitriles is 1. The number of hydrogen-bond acceptors (Lipinski definition) is 4. The first-order valence-electron chi connectivity index (χ1n) is 5.94. The van der Waals surface area contributed by atoms with Crippen molar-refractivity contribution in [1.29, 1.82) is 5.26 Å². The summed E-state index contributed by atoms with van der Waals surface area (Å²) >= 11 is 11.8. The van der Waals surface area contributed by atoms with Crippen LogP contribution in [-0.4, -0.2) is 10.9 Å². The summed E-state index contributed by atoms with van der Waals surface area (Å²) in [4.78, 5) is 0. The van der Waals surface area contributed by atoms with Crippen LogP contribution in [0.25, 0.3) is 0 Å². The second-order valence-corrected chi connectivity index (χ2v) is 4.92. The highest BCUT2D eigenvalue weighted by Crippen LogP contribution is 2.28. The van der Waals surface area contributed by atoms with Gasteiger partial charge in [0.2, 0.25) is 0 Å². The molecule has 0 atom stereocenters. The highest BCUT2D eigenvalue weighted by Gasteiger charge is 2.10. The number of ether oxygens (including phenoxy) is 1. The summed E-state index contributed by atoms with van der Waals surface area (Å²) in [5.74, 6) is 0.482. The summed E-state index contributed by atoms with van der Waals surface area (Å²) in [6.45, 7) is 0.179. The molecule has 0 aliphatic carbocycles. The van der Waals surface area contributed by atoms with Gasteiger partial charge in [0.15, 0.2) is 5.71 Å². The Hall–Kier alpha value is -2.22. The zero-order valence-corrected chi connectivity index (χ0v) is 12.3. The van der Waals surface area contributed by atoms with Gasteiger partial charge >= 0.3 is 0 Å². The molecule has 0 radical (unpaired) electrons. The van der Waals surface area contributed by atoms with Crippen molar-refractivity contribution in [2.75, 3.05) is 0 Å². The fourth-order valence-electron chi connectivity index (χ4n) is 1.76. The van der Waals surface area contributed by atoms with E-state index >= 15 is 0 Å². The van der Waals surface area contributed by atoms with Crippen molar-refractivity contribution in [3.05, 3.63) is 63.6 Å². The smallest absolute Gasteiger partial charge is 0.187 e. The predicted molar refractivity (Wildman–Crippen MR) is 81.2 cm³/mol. The van der Waals surface area contributed by atoms with E-state index in [0.29, 0.717) is 26.9 Å². The van der Waals surface area contributed by atoms with Crippen LogP contribution >= 0.6 is 23.2 Å². The van der Waals surface area contributed by atoms with E-state index in [-0.39, 0.29) is 12.3 Å². The Morgan fingerprint density at radius 2 is 2.00 bits per heavy atom. The molecule has 2 aromatic carbocycles. The van der Waals surface area contributed by atoms with Gasteiger partial charge in [-0.05, 0) is 23.8 Å². The van der Waals surface area contributed by atoms with Crippen molar-refractivity contribution in [3.63, 3.8) is 0 Å². The van der Waals surface area contributed by atoms with E-state index in [1.807, 2.05) is 6.07 Å². The van der Waals surface area contributed by atoms with Crippen molar-refractivity contribution in [3.8, 4) is 11.8 Å². The quantitative estimate of drug-likeness (QED) is 0.519. The molecule has 0 aromatic heterocycles. The van der Waals surface area contributed by atoms with E-state index in [9.17, 15) is 0 Å². The summed E-state index contributed by atoms with van der Waals surface area (Å²) in [6.07, 6.45) is 0. The van der Waals surface area contributed by atoms with Gasteiger partial charge < -0.3 is 9.94 Å². The van der Waals surface area contributed by atoms with Crippen LogP contribution < -0.4 is 4.74 Å². The van der Waals surface area contributed by atoms with Gasteiger partial charge in [-0.3, -0.25) is 0 Å². The van der Waals surface area contributed by atoms with Crippen LogP contribution in [0.5, 0.6) is 5.75 Å². The Bertz CT molecular complexity index is 724. The molecular formula is C15H10Cl2N2O2.